The number of carbonyl (C=O) groups excluding carboxylic acids is 1. The molecule has 1 amide bonds. The van der Waals surface area contributed by atoms with Gasteiger partial charge in [-0.2, -0.15) is 0 Å². The molecule has 0 aliphatic heterocycles. The standard InChI is InChI=1S/C21H25NO5/c1-21(14-20(24)25,17-9-6-10-18(13-17)26-2)22-19(23)15-27-12-11-16-7-4-3-5-8-16/h3-10,13H,11-12,14-15H2,1-2H3,(H,22,23)(H,24,25). The van der Waals surface area contributed by atoms with Gasteiger partial charge in [0.25, 0.3) is 0 Å². The first-order valence-electron chi connectivity index (χ1n) is 8.72. The Hall–Kier alpha value is -2.86. The van der Waals surface area contributed by atoms with Crippen molar-refractivity contribution in [3.63, 3.8) is 0 Å². The van der Waals surface area contributed by atoms with Crippen molar-refractivity contribution < 1.29 is 24.2 Å². The SMILES string of the molecule is COc1cccc(C(C)(CC(=O)O)NC(=O)COCCc2ccccc2)c1. The van der Waals surface area contributed by atoms with Crippen molar-refractivity contribution >= 4 is 11.9 Å². The summed E-state index contributed by atoms with van der Waals surface area (Å²) >= 11 is 0. The number of carboxylic acids is 1. The number of rotatable bonds is 10. The van der Waals surface area contributed by atoms with E-state index in [1.165, 1.54) is 7.11 Å². The normalized spacial score (nSPS) is 12.8. The summed E-state index contributed by atoms with van der Waals surface area (Å²) in [6, 6.07) is 16.9. The van der Waals surface area contributed by atoms with Crippen LogP contribution in [-0.2, 0) is 26.3 Å². The number of ether oxygens (including phenoxy) is 2. The van der Waals surface area contributed by atoms with E-state index in [0.717, 1.165) is 5.56 Å². The highest BCUT2D eigenvalue weighted by atomic mass is 16.5. The number of aliphatic carboxylic acids is 1. The largest absolute Gasteiger partial charge is 0.497 e. The molecule has 1 unspecified atom stereocenters. The Morgan fingerprint density at radius 3 is 2.52 bits per heavy atom. The highest BCUT2D eigenvalue weighted by molar-refractivity contribution is 5.79. The van der Waals surface area contributed by atoms with Crippen LogP contribution in [0.2, 0.25) is 0 Å². The van der Waals surface area contributed by atoms with Crippen LogP contribution in [0.15, 0.2) is 54.6 Å². The lowest BCUT2D eigenvalue weighted by Gasteiger charge is -2.30. The second-order valence-electron chi connectivity index (χ2n) is 6.47. The van der Waals surface area contributed by atoms with E-state index in [1.54, 1.807) is 31.2 Å². The zero-order valence-electron chi connectivity index (χ0n) is 15.6. The summed E-state index contributed by atoms with van der Waals surface area (Å²) in [7, 11) is 1.53. The second kappa shape index (κ2) is 9.73. The van der Waals surface area contributed by atoms with Crippen molar-refractivity contribution in [2.45, 2.75) is 25.3 Å². The van der Waals surface area contributed by atoms with Gasteiger partial charge in [-0.25, -0.2) is 0 Å². The molecular weight excluding hydrogens is 346 g/mol. The number of nitrogens with one attached hydrogen (secondary N) is 1. The van der Waals surface area contributed by atoms with Gasteiger partial charge in [-0.1, -0.05) is 42.5 Å². The second-order valence-corrected chi connectivity index (χ2v) is 6.47. The third-order valence-corrected chi connectivity index (χ3v) is 4.24. The van der Waals surface area contributed by atoms with Crippen LogP contribution in [-0.4, -0.2) is 37.3 Å². The van der Waals surface area contributed by atoms with E-state index in [9.17, 15) is 14.7 Å². The van der Waals surface area contributed by atoms with Gasteiger partial charge in [0.1, 0.15) is 12.4 Å². The van der Waals surface area contributed by atoms with Crippen LogP contribution in [0.5, 0.6) is 5.75 Å². The molecule has 6 nitrogen and oxygen atoms in total. The number of hydrogen-bond donors (Lipinski definition) is 2. The molecule has 0 aliphatic carbocycles. The fraction of sp³-hybridized carbons (Fsp3) is 0.333. The van der Waals surface area contributed by atoms with Crippen LogP contribution in [0.4, 0.5) is 0 Å². The lowest BCUT2D eigenvalue weighted by Crippen LogP contribution is -2.46. The van der Waals surface area contributed by atoms with Gasteiger partial charge in [-0.3, -0.25) is 9.59 Å². The zero-order valence-corrected chi connectivity index (χ0v) is 15.6. The summed E-state index contributed by atoms with van der Waals surface area (Å²) in [4.78, 5) is 23.6. The molecule has 144 valence electrons. The Morgan fingerprint density at radius 2 is 1.85 bits per heavy atom. The van der Waals surface area contributed by atoms with Crippen molar-refractivity contribution in [2.24, 2.45) is 0 Å². The van der Waals surface area contributed by atoms with E-state index in [1.807, 2.05) is 30.3 Å². The number of amides is 1. The van der Waals surface area contributed by atoms with Crippen molar-refractivity contribution in [3.8, 4) is 5.75 Å². The third-order valence-electron chi connectivity index (χ3n) is 4.24. The molecule has 27 heavy (non-hydrogen) atoms. The molecule has 0 aromatic heterocycles. The Kier molecular flexibility index (Phi) is 7.37. The number of methoxy groups -OCH3 is 1. The van der Waals surface area contributed by atoms with Crippen LogP contribution >= 0.6 is 0 Å². The smallest absolute Gasteiger partial charge is 0.306 e. The van der Waals surface area contributed by atoms with Gasteiger partial charge in [0, 0.05) is 0 Å². The third kappa shape index (κ3) is 6.42. The van der Waals surface area contributed by atoms with Crippen LogP contribution in [0.3, 0.4) is 0 Å². The van der Waals surface area contributed by atoms with Crippen LogP contribution in [0.25, 0.3) is 0 Å². The van der Waals surface area contributed by atoms with E-state index < -0.39 is 11.5 Å². The molecule has 2 aromatic carbocycles. The summed E-state index contributed by atoms with van der Waals surface area (Å²) in [5, 5.41) is 12.1. The zero-order chi connectivity index (χ0) is 19.7. The topological polar surface area (TPSA) is 84.9 Å². The fourth-order valence-corrected chi connectivity index (χ4v) is 2.83. The van der Waals surface area contributed by atoms with E-state index in [0.29, 0.717) is 24.3 Å². The molecule has 0 saturated heterocycles. The first kappa shape index (κ1) is 20.5. The summed E-state index contributed by atoms with van der Waals surface area (Å²) in [6.45, 7) is 1.95. The van der Waals surface area contributed by atoms with Crippen LogP contribution < -0.4 is 10.1 Å². The van der Waals surface area contributed by atoms with Crippen LogP contribution in [0, 0.1) is 0 Å². The van der Waals surface area contributed by atoms with E-state index in [4.69, 9.17) is 9.47 Å². The quantitative estimate of drug-likeness (QED) is 0.628. The fourth-order valence-electron chi connectivity index (χ4n) is 2.83. The molecule has 0 saturated carbocycles. The molecule has 6 heteroatoms. The monoisotopic (exact) mass is 371 g/mol. The molecule has 2 rings (SSSR count). The first-order valence-corrected chi connectivity index (χ1v) is 8.72. The van der Waals surface area contributed by atoms with Gasteiger partial charge < -0.3 is 19.9 Å². The molecule has 1 atom stereocenters. The Bertz CT molecular complexity index is 762. The number of benzene rings is 2. The first-order chi connectivity index (χ1) is 12.9. The maximum atomic E-state index is 12.3. The number of carbonyl (C=O) groups is 2. The van der Waals surface area contributed by atoms with Gasteiger partial charge in [0.2, 0.25) is 5.91 Å². The average Bonchev–Trinajstić information content (AvgIpc) is 2.65. The predicted molar refractivity (Wildman–Crippen MR) is 102 cm³/mol. The molecule has 0 bridgehead atoms. The van der Waals surface area contributed by atoms with Crippen molar-refractivity contribution in [1.29, 1.82) is 0 Å². The van der Waals surface area contributed by atoms with Gasteiger partial charge in [-0.15, -0.1) is 0 Å². The number of carboxylic acid groups (broad SMARTS) is 1. The molecule has 0 spiro atoms. The van der Waals surface area contributed by atoms with Gasteiger partial charge in [0.05, 0.1) is 25.7 Å². The highest BCUT2D eigenvalue weighted by Crippen LogP contribution is 2.27. The summed E-state index contributed by atoms with van der Waals surface area (Å²) in [6.07, 6.45) is 0.451. The van der Waals surface area contributed by atoms with Gasteiger partial charge >= 0.3 is 5.97 Å². The molecular formula is C21H25NO5. The minimum Gasteiger partial charge on any atom is -0.497 e. The minimum atomic E-state index is -1.07. The van der Waals surface area contributed by atoms with E-state index in [-0.39, 0.29) is 18.9 Å². The van der Waals surface area contributed by atoms with Gasteiger partial charge in [0.15, 0.2) is 0 Å². The molecule has 0 aliphatic rings. The maximum absolute atomic E-state index is 12.3. The van der Waals surface area contributed by atoms with Crippen molar-refractivity contribution in [1.82, 2.24) is 5.32 Å². The molecule has 2 aromatic rings. The average molecular weight is 371 g/mol. The number of hydrogen-bond acceptors (Lipinski definition) is 4. The van der Waals surface area contributed by atoms with Crippen molar-refractivity contribution in [3.05, 3.63) is 65.7 Å². The lowest BCUT2D eigenvalue weighted by atomic mass is 9.88. The highest BCUT2D eigenvalue weighted by Gasteiger charge is 2.31. The molecule has 0 heterocycles. The van der Waals surface area contributed by atoms with Gasteiger partial charge in [-0.05, 0) is 36.6 Å². The Morgan fingerprint density at radius 1 is 1.11 bits per heavy atom. The van der Waals surface area contributed by atoms with Crippen molar-refractivity contribution in [2.75, 3.05) is 20.3 Å². The molecule has 0 radical (unpaired) electrons. The van der Waals surface area contributed by atoms with E-state index >= 15 is 0 Å². The summed E-state index contributed by atoms with van der Waals surface area (Å²) in [5.74, 6) is -0.780. The Labute approximate surface area is 159 Å². The summed E-state index contributed by atoms with van der Waals surface area (Å²) in [5.41, 5.74) is 0.715. The van der Waals surface area contributed by atoms with Crippen LogP contribution in [0.1, 0.15) is 24.5 Å². The maximum Gasteiger partial charge on any atom is 0.306 e. The summed E-state index contributed by atoms with van der Waals surface area (Å²) < 4.78 is 10.6. The molecule has 0 fully saturated rings. The minimum absolute atomic E-state index is 0.133. The predicted octanol–water partition coefficient (Wildman–Crippen LogP) is 2.76. The Balaban J connectivity index is 1.95. The lowest BCUT2D eigenvalue weighted by molar-refractivity contribution is -0.139. The van der Waals surface area contributed by atoms with E-state index in [2.05, 4.69) is 5.32 Å². The molecule has 2 N–H and O–H groups in total.